The third-order valence-electron chi connectivity index (χ3n) is 5.10. The van der Waals surface area contributed by atoms with Crippen LogP contribution in [-0.4, -0.2) is 72.9 Å². The average molecular weight is 347 g/mol. The maximum atomic E-state index is 12.1. The van der Waals surface area contributed by atoms with Crippen LogP contribution < -0.4 is 10.1 Å². The summed E-state index contributed by atoms with van der Waals surface area (Å²) in [7, 11) is 0. The highest BCUT2D eigenvalue weighted by atomic mass is 16.5. The van der Waals surface area contributed by atoms with Gasteiger partial charge in [-0.05, 0) is 56.5 Å². The maximum Gasteiger partial charge on any atom is 0.317 e. The highest BCUT2D eigenvalue weighted by molar-refractivity contribution is 5.75. The number of benzene rings is 1. The molecule has 2 aliphatic heterocycles. The third-order valence-corrected chi connectivity index (χ3v) is 5.10. The molecular weight excluding hydrogens is 318 g/mol. The molecule has 0 saturated carbocycles. The number of carbonyl (C=O) groups is 1. The van der Waals surface area contributed by atoms with E-state index in [4.69, 9.17) is 9.84 Å². The van der Waals surface area contributed by atoms with Crippen molar-refractivity contribution in [3.05, 3.63) is 29.8 Å². The molecule has 2 aliphatic rings. The molecule has 0 atom stereocenters. The van der Waals surface area contributed by atoms with Gasteiger partial charge in [0.25, 0.3) is 0 Å². The monoisotopic (exact) mass is 347 g/mol. The molecule has 2 fully saturated rings. The van der Waals surface area contributed by atoms with Crippen LogP contribution in [-0.2, 0) is 0 Å². The van der Waals surface area contributed by atoms with Gasteiger partial charge in [0.05, 0.1) is 13.1 Å². The Labute approximate surface area is 149 Å². The highest BCUT2D eigenvalue weighted by Crippen LogP contribution is 2.19. The van der Waals surface area contributed by atoms with Crippen molar-refractivity contribution in [1.82, 2.24) is 15.1 Å². The SMILES string of the molecule is Cc1cccc(OC2CN(C(=O)NCCN3CCC(CO)CC3)C2)c1. The normalized spacial score (nSPS) is 19.5. The maximum absolute atomic E-state index is 12.1. The van der Waals surface area contributed by atoms with E-state index in [-0.39, 0.29) is 12.1 Å². The van der Waals surface area contributed by atoms with Crippen molar-refractivity contribution in [2.24, 2.45) is 5.92 Å². The highest BCUT2D eigenvalue weighted by Gasteiger charge is 2.32. The van der Waals surface area contributed by atoms with Crippen molar-refractivity contribution in [3.63, 3.8) is 0 Å². The fraction of sp³-hybridized carbons (Fsp3) is 0.632. The van der Waals surface area contributed by atoms with E-state index >= 15 is 0 Å². The van der Waals surface area contributed by atoms with Crippen molar-refractivity contribution in [3.8, 4) is 5.75 Å². The predicted molar refractivity (Wildman–Crippen MR) is 96.8 cm³/mol. The quantitative estimate of drug-likeness (QED) is 0.818. The molecule has 2 amide bonds. The first kappa shape index (κ1) is 18.0. The van der Waals surface area contributed by atoms with Gasteiger partial charge in [0, 0.05) is 19.7 Å². The Morgan fingerprint density at radius 3 is 2.76 bits per heavy atom. The molecular formula is C19H29N3O3. The molecule has 0 unspecified atom stereocenters. The number of aryl methyl sites for hydroxylation is 1. The topological polar surface area (TPSA) is 65.0 Å². The molecule has 0 radical (unpaired) electrons. The standard InChI is InChI=1S/C19H29N3O3/c1-15-3-2-4-17(11-15)25-18-12-22(13-18)19(24)20-7-10-21-8-5-16(14-23)6-9-21/h2-4,11,16,18,23H,5-10,12-14H2,1H3,(H,20,24). The van der Waals surface area contributed by atoms with Crippen LogP contribution in [0.5, 0.6) is 5.75 Å². The molecule has 0 spiro atoms. The summed E-state index contributed by atoms with van der Waals surface area (Å²) in [5, 5.41) is 12.1. The van der Waals surface area contributed by atoms with Crippen molar-refractivity contribution in [1.29, 1.82) is 0 Å². The number of hydrogen-bond donors (Lipinski definition) is 2. The van der Waals surface area contributed by atoms with E-state index in [0.717, 1.165) is 38.2 Å². The van der Waals surface area contributed by atoms with Crippen LogP contribution in [0.2, 0.25) is 0 Å². The van der Waals surface area contributed by atoms with Crippen molar-refractivity contribution >= 4 is 6.03 Å². The zero-order valence-corrected chi connectivity index (χ0v) is 15.0. The fourth-order valence-corrected chi connectivity index (χ4v) is 3.38. The first-order valence-electron chi connectivity index (χ1n) is 9.23. The van der Waals surface area contributed by atoms with Crippen molar-refractivity contribution in [2.45, 2.75) is 25.9 Å². The van der Waals surface area contributed by atoms with Gasteiger partial charge in [0.15, 0.2) is 0 Å². The Bertz CT molecular complexity index is 567. The summed E-state index contributed by atoms with van der Waals surface area (Å²) in [5.74, 6) is 1.33. The van der Waals surface area contributed by atoms with Crippen LogP contribution in [0.25, 0.3) is 0 Å². The van der Waals surface area contributed by atoms with Crippen LogP contribution in [0.1, 0.15) is 18.4 Å². The molecule has 6 heteroatoms. The average Bonchev–Trinajstić information content (AvgIpc) is 2.58. The summed E-state index contributed by atoms with van der Waals surface area (Å²) < 4.78 is 5.88. The van der Waals surface area contributed by atoms with Gasteiger partial charge in [-0.1, -0.05) is 12.1 Å². The summed E-state index contributed by atoms with van der Waals surface area (Å²) in [6.45, 7) is 7.19. The summed E-state index contributed by atoms with van der Waals surface area (Å²) in [5.41, 5.74) is 1.18. The zero-order chi connectivity index (χ0) is 17.6. The molecule has 2 N–H and O–H groups in total. The van der Waals surface area contributed by atoms with Crippen molar-refractivity contribution < 1.29 is 14.6 Å². The number of rotatable bonds is 6. The van der Waals surface area contributed by atoms with Gasteiger partial charge in [0.1, 0.15) is 11.9 Å². The number of likely N-dealkylation sites (tertiary alicyclic amines) is 2. The van der Waals surface area contributed by atoms with E-state index in [2.05, 4.69) is 10.2 Å². The molecule has 3 rings (SSSR count). The number of urea groups is 1. The molecule has 1 aromatic carbocycles. The molecule has 0 aliphatic carbocycles. The van der Waals surface area contributed by atoms with E-state index < -0.39 is 0 Å². The lowest BCUT2D eigenvalue weighted by Crippen LogP contribution is -2.59. The van der Waals surface area contributed by atoms with E-state index in [1.807, 2.05) is 31.2 Å². The van der Waals surface area contributed by atoms with Gasteiger partial charge < -0.3 is 25.0 Å². The smallest absolute Gasteiger partial charge is 0.317 e. The van der Waals surface area contributed by atoms with Gasteiger partial charge >= 0.3 is 6.03 Å². The van der Waals surface area contributed by atoms with Crippen molar-refractivity contribution in [2.75, 3.05) is 45.9 Å². The minimum Gasteiger partial charge on any atom is -0.487 e. The second-order valence-corrected chi connectivity index (χ2v) is 7.16. The Morgan fingerprint density at radius 2 is 2.08 bits per heavy atom. The molecule has 2 heterocycles. The van der Waals surface area contributed by atoms with E-state index in [9.17, 15) is 4.79 Å². The minimum atomic E-state index is -0.00524. The first-order chi connectivity index (χ1) is 12.1. The lowest BCUT2D eigenvalue weighted by atomic mass is 9.98. The zero-order valence-electron chi connectivity index (χ0n) is 15.0. The van der Waals surface area contributed by atoms with Gasteiger partial charge in [-0.2, -0.15) is 0 Å². The number of hydrogen-bond acceptors (Lipinski definition) is 4. The number of carbonyl (C=O) groups excluding carboxylic acids is 1. The Balaban J connectivity index is 1.29. The third kappa shape index (κ3) is 5.09. The van der Waals surface area contributed by atoms with Gasteiger partial charge in [-0.25, -0.2) is 4.79 Å². The second kappa shape index (κ2) is 8.54. The van der Waals surface area contributed by atoms with Crippen LogP contribution in [0, 0.1) is 12.8 Å². The van der Waals surface area contributed by atoms with E-state index in [1.54, 1.807) is 4.90 Å². The number of aliphatic hydroxyl groups is 1. The number of amides is 2. The van der Waals surface area contributed by atoms with Gasteiger partial charge in [0.2, 0.25) is 0 Å². The Kier molecular flexibility index (Phi) is 6.15. The molecule has 6 nitrogen and oxygen atoms in total. The number of ether oxygens (including phenoxy) is 1. The fourth-order valence-electron chi connectivity index (χ4n) is 3.38. The lowest BCUT2D eigenvalue weighted by Gasteiger charge is -2.39. The number of nitrogens with zero attached hydrogens (tertiary/aromatic N) is 2. The largest absolute Gasteiger partial charge is 0.487 e. The summed E-state index contributed by atoms with van der Waals surface area (Å²) >= 11 is 0. The van der Waals surface area contributed by atoms with Crippen LogP contribution >= 0.6 is 0 Å². The van der Waals surface area contributed by atoms with Crippen LogP contribution in [0.3, 0.4) is 0 Å². The van der Waals surface area contributed by atoms with Crippen LogP contribution in [0.15, 0.2) is 24.3 Å². The molecule has 1 aromatic rings. The molecule has 0 bridgehead atoms. The molecule has 0 aromatic heterocycles. The molecule has 2 saturated heterocycles. The summed E-state index contributed by atoms with van der Waals surface area (Å²) in [4.78, 5) is 16.3. The number of nitrogens with one attached hydrogen (secondary N) is 1. The lowest BCUT2D eigenvalue weighted by molar-refractivity contribution is 0.0440. The predicted octanol–water partition coefficient (Wildman–Crippen LogP) is 1.47. The second-order valence-electron chi connectivity index (χ2n) is 7.16. The number of piperidine rings is 1. The molecule has 138 valence electrons. The van der Waals surface area contributed by atoms with Gasteiger partial charge in [-0.15, -0.1) is 0 Å². The summed E-state index contributed by atoms with van der Waals surface area (Å²) in [6.07, 6.45) is 2.19. The summed E-state index contributed by atoms with van der Waals surface area (Å²) in [6, 6.07) is 7.99. The number of aliphatic hydroxyl groups excluding tert-OH is 1. The van der Waals surface area contributed by atoms with Crippen LogP contribution in [0.4, 0.5) is 4.79 Å². The van der Waals surface area contributed by atoms with E-state index in [0.29, 0.717) is 32.2 Å². The Hall–Kier alpha value is -1.79. The minimum absolute atomic E-state index is 0.00524. The Morgan fingerprint density at radius 1 is 1.32 bits per heavy atom. The molecule has 25 heavy (non-hydrogen) atoms. The van der Waals surface area contributed by atoms with Gasteiger partial charge in [-0.3, -0.25) is 0 Å². The van der Waals surface area contributed by atoms with E-state index in [1.165, 1.54) is 5.56 Å². The first-order valence-corrected chi connectivity index (χ1v) is 9.23.